The zero-order valence-electron chi connectivity index (χ0n) is 15.6. The van der Waals surface area contributed by atoms with Crippen molar-refractivity contribution in [3.8, 4) is 5.69 Å². The van der Waals surface area contributed by atoms with Crippen molar-refractivity contribution < 1.29 is 4.79 Å². The van der Waals surface area contributed by atoms with Gasteiger partial charge in [-0.2, -0.15) is 5.10 Å². The number of nitrogens with zero attached hydrogens (tertiary/aromatic N) is 2. The molecule has 0 bridgehead atoms. The van der Waals surface area contributed by atoms with Crippen LogP contribution in [-0.4, -0.2) is 22.2 Å². The normalized spacial score (nSPS) is 10.8. The molecule has 0 aliphatic heterocycles. The van der Waals surface area contributed by atoms with Gasteiger partial charge >= 0.3 is 0 Å². The minimum Gasteiger partial charge on any atom is -0.352 e. The van der Waals surface area contributed by atoms with Crippen molar-refractivity contribution in [2.75, 3.05) is 6.54 Å². The molecule has 1 N–H and O–H groups in total. The summed E-state index contributed by atoms with van der Waals surface area (Å²) in [5, 5.41) is 7.38. The molecule has 0 saturated heterocycles. The van der Waals surface area contributed by atoms with Crippen molar-refractivity contribution in [2.45, 2.75) is 65.2 Å². The second-order valence-electron chi connectivity index (χ2n) is 6.62. The predicted molar refractivity (Wildman–Crippen MR) is 103 cm³/mol. The van der Waals surface area contributed by atoms with Crippen LogP contribution in [0.3, 0.4) is 0 Å². The van der Waals surface area contributed by atoms with Gasteiger partial charge < -0.3 is 5.32 Å². The predicted octanol–water partition coefficient (Wildman–Crippen LogP) is 5.05. The molecule has 0 aliphatic rings. The summed E-state index contributed by atoms with van der Waals surface area (Å²) in [4.78, 5) is 12.4. The number of hydrogen-bond donors (Lipinski definition) is 1. The molecule has 1 aromatic heterocycles. The molecule has 4 nitrogen and oxygen atoms in total. The van der Waals surface area contributed by atoms with E-state index in [1.54, 1.807) is 6.20 Å². The molecule has 0 atom stereocenters. The first kappa shape index (κ1) is 19.2. The molecule has 0 fully saturated rings. The van der Waals surface area contributed by atoms with E-state index >= 15 is 0 Å². The van der Waals surface area contributed by atoms with Gasteiger partial charge in [-0.3, -0.25) is 4.79 Å². The van der Waals surface area contributed by atoms with Gasteiger partial charge in [-0.05, 0) is 25.5 Å². The molecular weight excluding hydrogens is 310 g/mol. The van der Waals surface area contributed by atoms with Crippen LogP contribution in [0.2, 0.25) is 0 Å². The molecule has 2 rings (SSSR count). The third-order valence-electron chi connectivity index (χ3n) is 4.57. The first-order valence-electron chi connectivity index (χ1n) is 9.62. The number of aromatic nitrogens is 2. The minimum absolute atomic E-state index is 0.0253. The van der Waals surface area contributed by atoms with E-state index in [-0.39, 0.29) is 5.91 Å². The molecule has 0 radical (unpaired) electrons. The fourth-order valence-corrected chi connectivity index (χ4v) is 3.02. The third-order valence-corrected chi connectivity index (χ3v) is 4.57. The fourth-order valence-electron chi connectivity index (χ4n) is 3.02. The summed E-state index contributed by atoms with van der Waals surface area (Å²) in [5.41, 5.74) is 2.50. The molecule has 1 amide bonds. The maximum atomic E-state index is 12.4. The maximum absolute atomic E-state index is 12.4. The highest BCUT2D eigenvalue weighted by Crippen LogP contribution is 2.14. The number of amides is 1. The van der Waals surface area contributed by atoms with Crippen LogP contribution in [0, 0.1) is 6.92 Å². The Bertz CT molecular complexity index is 634. The molecule has 1 aromatic carbocycles. The van der Waals surface area contributed by atoms with Crippen molar-refractivity contribution >= 4 is 5.91 Å². The van der Waals surface area contributed by atoms with E-state index in [2.05, 4.69) is 17.3 Å². The average Bonchev–Trinajstić information content (AvgIpc) is 3.02. The molecule has 0 spiro atoms. The Balaban J connectivity index is 1.71. The molecule has 136 valence electrons. The van der Waals surface area contributed by atoms with Gasteiger partial charge in [0, 0.05) is 6.54 Å². The summed E-state index contributed by atoms with van der Waals surface area (Å²) in [6.45, 7) is 4.92. The van der Waals surface area contributed by atoms with E-state index in [0.717, 1.165) is 24.3 Å². The van der Waals surface area contributed by atoms with Gasteiger partial charge in [0.15, 0.2) is 0 Å². The number of nitrogens with one attached hydrogen (secondary N) is 1. The topological polar surface area (TPSA) is 46.9 Å². The highest BCUT2D eigenvalue weighted by molar-refractivity contribution is 5.95. The Morgan fingerprint density at radius 2 is 1.64 bits per heavy atom. The number of carbonyl (C=O) groups is 1. The quantitative estimate of drug-likeness (QED) is 0.581. The van der Waals surface area contributed by atoms with Gasteiger partial charge in [0.05, 0.1) is 23.1 Å². The number of hydrogen-bond acceptors (Lipinski definition) is 2. The number of benzene rings is 1. The summed E-state index contributed by atoms with van der Waals surface area (Å²) >= 11 is 0. The number of rotatable bonds is 11. The SMILES string of the molecule is CCCCCCCCCCNC(=O)c1cnn(-c2ccccc2)c1C. The van der Waals surface area contributed by atoms with Gasteiger partial charge in [-0.25, -0.2) is 4.68 Å². The van der Waals surface area contributed by atoms with E-state index in [1.165, 1.54) is 44.9 Å². The van der Waals surface area contributed by atoms with Crippen LogP contribution in [0.15, 0.2) is 36.5 Å². The smallest absolute Gasteiger partial charge is 0.254 e. The zero-order valence-corrected chi connectivity index (χ0v) is 15.6. The lowest BCUT2D eigenvalue weighted by molar-refractivity contribution is 0.0952. The number of para-hydroxylation sites is 1. The van der Waals surface area contributed by atoms with Crippen molar-refractivity contribution in [3.05, 3.63) is 47.8 Å². The average molecular weight is 341 g/mol. The van der Waals surface area contributed by atoms with Gasteiger partial charge in [0.1, 0.15) is 0 Å². The Labute approximate surface area is 151 Å². The van der Waals surface area contributed by atoms with Gasteiger partial charge in [0.25, 0.3) is 5.91 Å². The summed E-state index contributed by atoms with van der Waals surface area (Å²) in [6.07, 6.45) is 11.8. The first-order chi connectivity index (χ1) is 12.2. The molecule has 0 aliphatic carbocycles. The monoisotopic (exact) mass is 341 g/mol. The number of carbonyl (C=O) groups excluding carboxylic acids is 1. The van der Waals surface area contributed by atoms with E-state index in [0.29, 0.717) is 5.56 Å². The molecular formula is C21H31N3O. The lowest BCUT2D eigenvalue weighted by atomic mass is 10.1. The second kappa shape index (κ2) is 10.7. The highest BCUT2D eigenvalue weighted by Gasteiger charge is 2.14. The summed E-state index contributed by atoms with van der Waals surface area (Å²) < 4.78 is 1.81. The highest BCUT2D eigenvalue weighted by atomic mass is 16.1. The Morgan fingerprint density at radius 1 is 1.00 bits per heavy atom. The Hall–Kier alpha value is -2.10. The van der Waals surface area contributed by atoms with Crippen LogP contribution < -0.4 is 5.32 Å². The lowest BCUT2D eigenvalue weighted by Crippen LogP contribution is -2.24. The van der Waals surface area contributed by atoms with Crippen LogP contribution in [0.1, 0.15) is 74.3 Å². The molecule has 25 heavy (non-hydrogen) atoms. The van der Waals surface area contributed by atoms with Crippen molar-refractivity contribution in [2.24, 2.45) is 0 Å². The van der Waals surface area contributed by atoms with Crippen LogP contribution in [0.5, 0.6) is 0 Å². The van der Waals surface area contributed by atoms with Crippen LogP contribution in [0.4, 0.5) is 0 Å². The molecule has 1 heterocycles. The standard InChI is InChI=1S/C21H31N3O/c1-3-4-5-6-7-8-9-13-16-22-21(25)20-17-23-24(18(20)2)19-14-11-10-12-15-19/h10-12,14-15,17H,3-9,13,16H2,1-2H3,(H,22,25). The van der Waals surface area contributed by atoms with Crippen molar-refractivity contribution in [3.63, 3.8) is 0 Å². The van der Waals surface area contributed by atoms with Crippen LogP contribution in [0.25, 0.3) is 5.69 Å². The third kappa shape index (κ3) is 6.04. The summed E-state index contributed by atoms with van der Waals surface area (Å²) in [5.74, 6) is -0.0253. The molecule has 2 aromatic rings. The first-order valence-corrected chi connectivity index (χ1v) is 9.62. The van der Waals surface area contributed by atoms with E-state index < -0.39 is 0 Å². The van der Waals surface area contributed by atoms with E-state index in [1.807, 2.05) is 41.9 Å². The Kier molecular flexibility index (Phi) is 8.23. The number of unbranched alkanes of at least 4 members (excludes halogenated alkanes) is 7. The second-order valence-corrected chi connectivity index (χ2v) is 6.62. The lowest BCUT2D eigenvalue weighted by Gasteiger charge is -2.07. The maximum Gasteiger partial charge on any atom is 0.254 e. The van der Waals surface area contributed by atoms with Gasteiger partial charge in [-0.15, -0.1) is 0 Å². The summed E-state index contributed by atoms with van der Waals surface area (Å²) in [6, 6.07) is 9.89. The molecule has 0 unspecified atom stereocenters. The van der Waals surface area contributed by atoms with E-state index in [9.17, 15) is 4.79 Å². The molecule has 4 heteroatoms. The van der Waals surface area contributed by atoms with E-state index in [4.69, 9.17) is 0 Å². The minimum atomic E-state index is -0.0253. The van der Waals surface area contributed by atoms with Crippen LogP contribution >= 0.6 is 0 Å². The fraction of sp³-hybridized carbons (Fsp3) is 0.524. The zero-order chi connectivity index (χ0) is 17.9. The molecule has 0 saturated carbocycles. The Morgan fingerprint density at radius 3 is 2.32 bits per heavy atom. The van der Waals surface area contributed by atoms with Crippen molar-refractivity contribution in [1.29, 1.82) is 0 Å². The largest absolute Gasteiger partial charge is 0.352 e. The van der Waals surface area contributed by atoms with Crippen molar-refractivity contribution in [1.82, 2.24) is 15.1 Å². The van der Waals surface area contributed by atoms with Gasteiger partial charge in [0.2, 0.25) is 0 Å². The van der Waals surface area contributed by atoms with Crippen LogP contribution in [-0.2, 0) is 0 Å². The van der Waals surface area contributed by atoms with Gasteiger partial charge in [-0.1, -0.05) is 70.1 Å². The summed E-state index contributed by atoms with van der Waals surface area (Å²) in [7, 11) is 0.